The fourth-order valence-corrected chi connectivity index (χ4v) is 1.65. The van der Waals surface area contributed by atoms with Gasteiger partial charge in [-0.05, 0) is 30.7 Å². The third-order valence-corrected chi connectivity index (χ3v) is 2.86. The molecule has 6 heteroatoms. The molecule has 0 aliphatic carbocycles. The summed E-state index contributed by atoms with van der Waals surface area (Å²) in [5.74, 6) is -0.231. The van der Waals surface area contributed by atoms with E-state index in [1.54, 1.807) is 25.1 Å². The Balaban J connectivity index is 2.32. The molecule has 0 aromatic heterocycles. The van der Waals surface area contributed by atoms with E-state index in [0.29, 0.717) is 10.8 Å². The van der Waals surface area contributed by atoms with Crippen LogP contribution in [0.2, 0.25) is 5.02 Å². The van der Waals surface area contributed by atoms with Gasteiger partial charge in [0.05, 0.1) is 17.1 Å². The number of nitro groups is 1. The lowest BCUT2D eigenvalue weighted by molar-refractivity contribution is -0.385. The van der Waals surface area contributed by atoms with Crippen LogP contribution in [-0.4, -0.2) is 4.92 Å². The maximum Gasteiger partial charge on any atom is 0.276 e. The number of nitrogens with zero attached hydrogens (tertiary/aromatic N) is 1. The molecule has 0 heterocycles. The zero-order valence-corrected chi connectivity index (χ0v) is 10.6. The number of halogens is 2. The van der Waals surface area contributed by atoms with E-state index in [2.05, 4.69) is 0 Å². The largest absolute Gasteiger partial charge is 0.457 e. The Labute approximate surface area is 113 Å². The molecule has 4 nitrogen and oxygen atoms in total. The first-order valence-corrected chi connectivity index (χ1v) is 5.72. The van der Waals surface area contributed by atoms with Crippen molar-refractivity contribution in [2.45, 2.75) is 6.92 Å². The summed E-state index contributed by atoms with van der Waals surface area (Å²) in [7, 11) is 0. The Morgan fingerprint density at radius 1 is 1.21 bits per heavy atom. The lowest BCUT2D eigenvalue weighted by atomic mass is 10.2. The van der Waals surface area contributed by atoms with Crippen molar-refractivity contribution < 1.29 is 14.1 Å². The number of benzene rings is 2. The highest BCUT2D eigenvalue weighted by molar-refractivity contribution is 6.31. The molecule has 2 aromatic carbocycles. The second-order valence-corrected chi connectivity index (χ2v) is 4.32. The minimum atomic E-state index is -0.727. The van der Waals surface area contributed by atoms with Crippen molar-refractivity contribution in [3.05, 3.63) is 62.9 Å². The molecule has 0 radical (unpaired) electrons. The summed E-state index contributed by atoms with van der Waals surface area (Å²) < 4.78 is 18.6. The predicted octanol–water partition coefficient (Wildman–Crippen LogP) is 4.49. The van der Waals surface area contributed by atoms with Crippen LogP contribution in [0.15, 0.2) is 36.4 Å². The molecule has 0 saturated heterocycles. The molecule has 19 heavy (non-hydrogen) atoms. The Hall–Kier alpha value is -2.14. The maximum atomic E-state index is 13.2. The minimum Gasteiger partial charge on any atom is -0.457 e. The number of non-ortho nitro benzene ring substituents is 1. The molecule has 2 aromatic rings. The lowest BCUT2D eigenvalue weighted by Gasteiger charge is -2.07. The zero-order valence-electron chi connectivity index (χ0n) is 9.89. The van der Waals surface area contributed by atoms with Gasteiger partial charge in [0.2, 0.25) is 0 Å². The number of rotatable bonds is 3. The molecular weight excluding hydrogens is 273 g/mol. The van der Waals surface area contributed by atoms with Gasteiger partial charge in [-0.2, -0.15) is 0 Å². The summed E-state index contributed by atoms with van der Waals surface area (Å²) in [5.41, 5.74) is 0.436. The van der Waals surface area contributed by atoms with Crippen molar-refractivity contribution in [2.24, 2.45) is 0 Å². The van der Waals surface area contributed by atoms with Gasteiger partial charge in [-0.25, -0.2) is 4.39 Å². The maximum absolute atomic E-state index is 13.2. The van der Waals surface area contributed by atoms with Crippen LogP contribution in [0, 0.1) is 22.9 Å². The van der Waals surface area contributed by atoms with Gasteiger partial charge in [-0.3, -0.25) is 10.1 Å². The molecule has 0 unspecified atom stereocenters. The smallest absolute Gasteiger partial charge is 0.276 e. The first kappa shape index (κ1) is 13.3. The summed E-state index contributed by atoms with van der Waals surface area (Å²) in [6, 6.07) is 7.98. The van der Waals surface area contributed by atoms with Crippen LogP contribution in [0.25, 0.3) is 0 Å². The van der Waals surface area contributed by atoms with Crippen molar-refractivity contribution in [3.8, 4) is 11.5 Å². The van der Waals surface area contributed by atoms with Crippen LogP contribution in [0.4, 0.5) is 10.1 Å². The van der Waals surface area contributed by atoms with Crippen LogP contribution >= 0.6 is 11.6 Å². The van der Waals surface area contributed by atoms with Gasteiger partial charge in [0.1, 0.15) is 17.3 Å². The normalized spacial score (nSPS) is 10.3. The highest BCUT2D eigenvalue weighted by atomic mass is 35.5. The van der Waals surface area contributed by atoms with Gasteiger partial charge < -0.3 is 4.74 Å². The highest BCUT2D eigenvalue weighted by Crippen LogP contribution is 2.29. The van der Waals surface area contributed by atoms with Crippen molar-refractivity contribution in [1.82, 2.24) is 0 Å². The summed E-state index contributed by atoms with van der Waals surface area (Å²) in [6.45, 7) is 1.79. The topological polar surface area (TPSA) is 52.4 Å². The third-order valence-electron chi connectivity index (χ3n) is 2.43. The minimum absolute atomic E-state index is 0.0634. The first-order chi connectivity index (χ1) is 8.95. The summed E-state index contributed by atoms with van der Waals surface area (Å²) in [5, 5.41) is 11.2. The highest BCUT2D eigenvalue weighted by Gasteiger charge is 2.11. The fraction of sp³-hybridized carbons (Fsp3) is 0.0769. The molecule has 0 aliphatic heterocycles. The average Bonchev–Trinajstić information content (AvgIpc) is 2.33. The molecule has 0 saturated carbocycles. The number of nitro benzene ring substituents is 1. The van der Waals surface area contributed by atoms with Crippen LogP contribution in [0.1, 0.15) is 5.56 Å². The van der Waals surface area contributed by atoms with Crippen LogP contribution in [-0.2, 0) is 0 Å². The van der Waals surface area contributed by atoms with E-state index in [4.69, 9.17) is 16.3 Å². The van der Waals surface area contributed by atoms with Crippen LogP contribution < -0.4 is 4.74 Å². The van der Waals surface area contributed by atoms with Gasteiger partial charge in [0.25, 0.3) is 5.69 Å². The van der Waals surface area contributed by atoms with E-state index >= 15 is 0 Å². The average molecular weight is 282 g/mol. The van der Waals surface area contributed by atoms with Gasteiger partial charge in [-0.1, -0.05) is 11.6 Å². The van der Waals surface area contributed by atoms with E-state index in [1.165, 1.54) is 0 Å². The lowest BCUT2D eigenvalue weighted by Crippen LogP contribution is -1.92. The van der Waals surface area contributed by atoms with E-state index in [9.17, 15) is 14.5 Å². The quantitative estimate of drug-likeness (QED) is 0.615. The number of hydrogen-bond acceptors (Lipinski definition) is 3. The Morgan fingerprint density at radius 3 is 2.58 bits per heavy atom. The molecular formula is C13H9ClFNO3. The van der Waals surface area contributed by atoms with E-state index < -0.39 is 10.7 Å². The van der Waals surface area contributed by atoms with Crippen LogP contribution in [0.3, 0.4) is 0 Å². The van der Waals surface area contributed by atoms with E-state index in [-0.39, 0.29) is 11.4 Å². The molecule has 98 valence electrons. The fourth-order valence-electron chi connectivity index (χ4n) is 1.53. The number of ether oxygens (including phenoxy) is 1. The summed E-state index contributed by atoms with van der Waals surface area (Å²) >= 11 is 5.87. The van der Waals surface area contributed by atoms with Gasteiger partial charge >= 0.3 is 0 Å². The molecule has 0 fully saturated rings. The van der Waals surface area contributed by atoms with E-state index in [1.807, 2.05) is 0 Å². The van der Waals surface area contributed by atoms with Gasteiger partial charge in [0, 0.05) is 11.1 Å². The molecule has 2 rings (SSSR count). The zero-order chi connectivity index (χ0) is 14.0. The second-order valence-electron chi connectivity index (χ2n) is 3.92. The summed E-state index contributed by atoms with van der Waals surface area (Å²) in [4.78, 5) is 9.94. The third kappa shape index (κ3) is 3.20. The molecule has 0 bridgehead atoms. The van der Waals surface area contributed by atoms with Crippen molar-refractivity contribution in [1.29, 1.82) is 0 Å². The Morgan fingerprint density at radius 2 is 1.95 bits per heavy atom. The molecule has 0 N–H and O–H groups in total. The SMILES string of the molecule is Cc1cc(Oc2cc(F)cc([N+](=O)[O-])c2)ccc1Cl. The van der Waals surface area contributed by atoms with E-state index in [0.717, 1.165) is 23.8 Å². The summed E-state index contributed by atoms with van der Waals surface area (Å²) in [6.07, 6.45) is 0. The Bertz CT molecular complexity index is 646. The van der Waals surface area contributed by atoms with Gasteiger partial charge in [-0.15, -0.1) is 0 Å². The number of hydrogen-bond donors (Lipinski definition) is 0. The molecule has 0 atom stereocenters. The monoisotopic (exact) mass is 281 g/mol. The first-order valence-electron chi connectivity index (χ1n) is 5.35. The van der Waals surface area contributed by atoms with Crippen LogP contribution in [0.5, 0.6) is 11.5 Å². The van der Waals surface area contributed by atoms with Gasteiger partial charge in [0.15, 0.2) is 0 Å². The molecule has 0 spiro atoms. The van der Waals surface area contributed by atoms with Crippen molar-refractivity contribution in [3.63, 3.8) is 0 Å². The standard InChI is InChI=1S/C13H9ClFNO3/c1-8-4-11(2-3-13(8)14)19-12-6-9(15)5-10(7-12)16(17)18/h2-7H,1H3. The number of aryl methyl sites for hydroxylation is 1. The molecule has 0 aliphatic rings. The predicted molar refractivity (Wildman–Crippen MR) is 69.3 cm³/mol. The Kier molecular flexibility index (Phi) is 3.66. The second kappa shape index (κ2) is 5.24. The van der Waals surface area contributed by atoms with Crippen molar-refractivity contribution in [2.75, 3.05) is 0 Å². The van der Waals surface area contributed by atoms with Crippen molar-refractivity contribution >= 4 is 17.3 Å². The molecule has 0 amide bonds.